The van der Waals surface area contributed by atoms with Crippen molar-refractivity contribution in [3.8, 4) is 0 Å². The summed E-state index contributed by atoms with van der Waals surface area (Å²) in [7, 11) is 0. The summed E-state index contributed by atoms with van der Waals surface area (Å²) in [4.78, 5) is 8.50. The van der Waals surface area contributed by atoms with E-state index < -0.39 is 0 Å². The van der Waals surface area contributed by atoms with Crippen molar-refractivity contribution >= 4 is 39.0 Å². The van der Waals surface area contributed by atoms with Crippen molar-refractivity contribution in [1.82, 2.24) is 9.97 Å². The van der Waals surface area contributed by atoms with Crippen LogP contribution >= 0.6 is 39.0 Å². The molecule has 2 nitrogen and oxygen atoms in total. The third-order valence-corrected chi connectivity index (χ3v) is 3.85. The van der Waals surface area contributed by atoms with E-state index in [1.54, 1.807) is 23.1 Å². The van der Waals surface area contributed by atoms with Gasteiger partial charge in [0.15, 0.2) is 0 Å². The standard InChI is InChI=1S/C9H7BrN2S2/c1-6-11-7(10)5-8(12-6)14-9-3-2-4-13-9/h2-5H,1H3. The maximum atomic E-state index is 4.34. The van der Waals surface area contributed by atoms with Gasteiger partial charge in [-0.05, 0) is 34.3 Å². The van der Waals surface area contributed by atoms with Crippen LogP contribution in [0, 0.1) is 6.92 Å². The Morgan fingerprint density at radius 3 is 2.93 bits per heavy atom. The molecule has 0 atom stereocenters. The van der Waals surface area contributed by atoms with Crippen molar-refractivity contribution in [2.45, 2.75) is 16.2 Å². The highest BCUT2D eigenvalue weighted by Crippen LogP contribution is 2.30. The first-order valence-electron chi connectivity index (χ1n) is 3.96. The Kier molecular flexibility index (Phi) is 3.20. The predicted molar refractivity (Wildman–Crippen MR) is 62.9 cm³/mol. The van der Waals surface area contributed by atoms with Crippen LogP contribution in [-0.2, 0) is 0 Å². The van der Waals surface area contributed by atoms with Gasteiger partial charge in [0.25, 0.3) is 0 Å². The lowest BCUT2D eigenvalue weighted by atomic mass is 10.6. The van der Waals surface area contributed by atoms with Gasteiger partial charge in [-0.25, -0.2) is 9.97 Å². The molecule has 0 bridgehead atoms. The molecular weight excluding hydrogens is 280 g/mol. The van der Waals surface area contributed by atoms with Gasteiger partial charge < -0.3 is 0 Å². The first kappa shape index (κ1) is 10.1. The van der Waals surface area contributed by atoms with Crippen LogP contribution in [0.4, 0.5) is 0 Å². The van der Waals surface area contributed by atoms with Crippen molar-refractivity contribution in [2.75, 3.05) is 0 Å². The van der Waals surface area contributed by atoms with Gasteiger partial charge in [-0.15, -0.1) is 11.3 Å². The summed E-state index contributed by atoms with van der Waals surface area (Å²) in [6.45, 7) is 1.89. The molecule has 2 aromatic rings. The Bertz CT molecular complexity index is 408. The molecule has 2 rings (SSSR count). The predicted octanol–water partition coefficient (Wildman–Crippen LogP) is 3.76. The zero-order chi connectivity index (χ0) is 9.97. The molecule has 0 radical (unpaired) electrons. The van der Waals surface area contributed by atoms with Gasteiger partial charge in [0.05, 0.1) is 4.21 Å². The largest absolute Gasteiger partial charge is 0.226 e. The van der Waals surface area contributed by atoms with Crippen LogP contribution in [0.25, 0.3) is 0 Å². The summed E-state index contributed by atoms with van der Waals surface area (Å²) in [6, 6.07) is 6.05. The molecule has 0 aliphatic rings. The Morgan fingerprint density at radius 2 is 2.29 bits per heavy atom. The van der Waals surface area contributed by atoms with Gasteiger partial charge in [0, 0.05) is 6.07 Å². The molecule has 0 aliphatic carbocycles. The number of thiophene rings is 1. The minimum Gasteiger partial charge on any atom is -0.226 e. The lowest BCUT2D eigenvalue weighted by Gasteiger charge is -1.99. The van der Waals surface area contributed by atoms with Gasteiger partial charge >= 0.3 is 0 Å². The molecule has 2 heterocycles. The summed E-state index contributed by atoms with van der Waals surface area (Å²) >= 11 is 6.73. The quantitative estimate of drug-likeness (QED) is 0.786. The highest BCUT2D eigenvalue weighted by Gasteiger charge is 2.02. The van der Waals surface area contributed by atoms with Crippen molar-refractivity contribution in [2.24, 2.45) is 0 Å². The third kappa shape index (κ3) is 2.56. The fraction of sp³-hybridized carbons (Fsp3) is 0.111. The molecule has 0 amide bonds. The number of hydrogen-bond donors (Lipinski definition) is 0. The molecule has 14 heavy (non-hydrogen) atoms. The minimum absolute atomic E-state index is 0.790. The second-order valence-corrected chi connectivity index (χ2v) is 5.69. The van der Waals surface area contributed by atoms with E-state index in [0.29, 0.717) is 0 Å². The lowest BCUT2D eigenvalue weighted by Crippen LogP contribution is -1.89. The Labute approximate surface area is 98.9 Å². The van der Waals surface area contributed by atoms with E-state index in [1.807, 2.05) is 19.1 Å². The van der Waals surface area contributed by atoms with Gasteiger partial charge in [-0.1, -0.05) is 17.8 Å². The summed E-state index contributed by atoms with van der Waals surface area (Å²) in [5, 5.41) is 3.04. The fourth-order valence-electron chi connectivity index (χ4n) is 0.982. The van der Waals surface area contributed by atoms with Crippen molar-refractivity contribution in [1.29, 1.82) is 0 Å². The lowest BCUT2D eigenvalue weighted by molar-refractivity contribution is 0.952. The zero-order valence-corrected chi connectivity index (χ0v) is 10.6. The number of halogens is 1. The van der Waals surface area contributed by atoms with E-state index in [4.69, 9.17) is 0 Å². The molecule has 5 heteroatoms. The molecule has 0 aliphatic heterocycles. The van der Waals surface area contributed by atoms with Crippen LogP contribution in [0.15, 0.2) is 37.4 Å². The number of rotatable bonds is 2. The van der Waals surface area contributed by atoms with E-state index in [2.05, 4.69) is 37.3 Å². The Balaban J connectivity index is 2.25. The van der Waals surface area contributed by atoms with Crippen molar-refractivity contribution < 1.29 is 0 Å². The molecule has 0 spiro atoms. The molecule has 0 unspecified atom stereocenters. The van der Waals surface area contributed by atoms with E-state index in [-0.39, 0.29) is 0 Å². The molecule has 2 aromatic heterocycles. The summed E-state index contributed by atoms with van der Waals surface area (Å²) in [6.07, 6.45) is 0. The molecule has 72 valence electrons. The zero-order valence-electron chi connectivity index (χ0n) is 7.40. The van der Waals surface area contributed by atoms with Crippen LogP contribution in [0.3, 0.4) is 0 Å². The molecular formula is C9H7BrN2S2. The van der Waals surface area contributed by atoms with Gasteiger partial charge in [0.2, 0.25) is 0 Å². The first-order chi connectivity index (χ1) is 6.74. The normalized spacial score (nSPS) is 10.4. The SMILES string of the molecule is Cc1nc(Br)cc(Sc2cccs2)n1. The number of aromatic nitrogens is 2. The Hall–Kier alpha value is -0.390. The van der Waals surface area contributed by atoms with E-state index >= 15 is 0 Å². The van der Waals surface area contributed by atoms with E-state index in [9.17, 15) is 0 Å². The molecule has 0 saturated heterocycles. The van der Waals surface area contributed by atoms with Crippen molar-refractivity contribution in [3.63, 3.8) is 0 Å². The van der Waals surface area contributed by atoms with Crippen LogP contribution < -0.4 is 0 Å². The summed E-state index contributed by atoms with van der Waals surface area (Å²) in [5.41, 5.74) is 0. The van der Waals surface area contributed by atoms with E-state index in [1.165, 1.54) is 4.21 Å². The summed E-state index contributed by atoms with van der Waals surface area (Å²) in [5.74, 6) is 0.790. The second-order valence-electron chi connectivity index (χ2n) is 2.61. The monoisotopic (exact) mass is 286 g/mol. The van der Waals surface area contributed by atoms with Gasteiger partial charge in [-0.3, -0.25) is 0 Å². The topological polar surface area (TPSA) is 25.8 Å². The number of nitrogens with zero attached hydrogens (tertiary/aromatic N) is 2. The van der Waals surface area contributed by atoms with Gasteiger partial charge in [-0.2, -0.15) is 0 Å². The van der Waals surface area contributed by atoms with Crippen LogP contribution in [-0.4, -0.2) is 9.97 Å². The fourth-order valence-corrected chi connectivity index (χ4v) is 3.37. The van der Waals surface area contributed by atoms with Crippen LogP contribution in [0.2, 0.25) is 0 Å². The molecule has 0 saturated carbocycles. The van der Waals surface area contributed by atoms with Crippen LogP contribution in [0.5, 0.6) is 0 Å². The Morgan fingerprint density at radius 1 is 1.43 bits per heavy atom. The van der Waals surface area contributed by atoms with E-state index in [0.717, 1.165) is 15.5 Å². The second kappa shape index (κ2) is 4.42. The smallest absolute Gasteiger partial charge is 0.127 e. The van der Waals surface area contributed by atoms with Crippen molar-refractivity contribution in [3.05, 3.63) is 34.0 Å². The highest BCUT2D eigenvalue weighted by atomic mass is 79.9. The first-order valence-corrected chi connectivity index (χ1v) is 6.45. The third-order valence-electron chi connectivity index (χ3n) is 1.48. The molecule has 0 N–H and O–H groups in total. The highest BCUT2D eigenvalue weighted by molar-refractivity contribution is 9.10. The molecule has 0 aromatic carbocycles. The maximum Gasteiger partial charge on any atom is 0.127 e. The average molecular weight is 287 g/mol. The molecule has 0 fully saturated rings. The maximum absolute atomic E-state index is 4.34. The minimum atomic E-state index is 0.790. The number of aryl methyl sites for hydroxylation is 1. The van der Waals surface area contributed by atoms with Gasteiger partial charge in [0.1, 0.15) is 15.5 Å². The summed E-state index contributed by atoms with van der Waals surface area (Å²) < 4.78 is 2.08. The van der Waals surface area contributed by atoms with Crippen LogP contribution in [0.1, 0.15) is 5.82 Å². The average Bonchev–Trinajstić information content (AvgIpc) is 2.54. The number of hydrogen-bond acceptors (Lipinski definition) is 4.